The molecule has 4 amide bonds. The Morgan fingerprint density at radius 1 is 0.708 bits per heavy atom. The lowest BCUT2D eigenvalue weighted by atomic mass is 9.90. The molecule has 1 fully saturated rings. The number of carbonyl (C=O) groups excluding carboxylic acids is 4. The van der Waals surface area contributed by atoms with E-state index >= 15 is 0 Å². The van der Waals surface area contributed by atoms with Gasteiger partial charge in [0.05, 0.1) is 32.3 Å². The number of ether oxygens (including phenoxy) is 2. The van der Waals surface area contributed by atoms with E-state index in [0.717, 1.165) is 33.4 Å². The zero-order chi connectivity index (χ0) is 51.5. The molecule has 1 saturated heterocycles. The van der Waals surface area contributed by atoms with Gasteiger partial charge >= 0.3 is 19.8 Å². The fraction of sp³-hybridized carbons (Fsp3) is 0.404. The Morgan fingerprint density at radius 2 is 1.24 bits per heavy atom. The van der Waals surface area contributed by atoms with Crippen molar-refractivity contribution >= 4 is 31.6 Å². The number of para-hydroxylation sites is 1. The summed E-state index contributed by atoms with van der Waals surface area (Å²) >= 11 is 0. The molecular weight excluding hydrogens is 932 g/mol. The van der Waals surface area contributed by atoms with E-state index in [-0.39, 0.29) is 63.5 Å². The van der Waals surface area contributed by atoms with Crippen LogP contribution in [0.1, 0.15) is 80.3 Å². The van der Waals surface area contributed by atoms with E-state index in [0.29, 0.717) is 31.7 Å². The van der Waals surface area contributed by atoms with Gasteiger partial charge in [-0.2, -0.15) is 0 Å². The van der Waals surface area contributed by atoms with Crippen LogP contribution < -0.4 is 20.7 Å². The van der Waals surface area contributed by atoms with Crippen molar-refractivity contribution < 1.29 is 46.8 Å². The number of benzene rings is 5. The summed E-state index contributed by atoms with van der Waals surface area (Å²) in [6.07, 6.45) is 0.166. The second-order valence-electron chi connectivity index (χ2n) is 19.6. The highest BCUT2D eigenvalue weighted by Gasteiger charge is 2.38. The van der Waals surface area contributed by atoms with Crippen LogP contribution in [0.3, 0.4) is 0 Å². The zero-order valence-electron chi connectivity index (χ0n) is 42.4. The predicted molar refractivity (Wildman–Crippen MR) is 278 cm³/mol. The second kappa shape index (κ2) is 26.9. The molecule has 72 heavy (non-hydrogen) atoms. The summed E-state index contributed by atoms with van der Waals surface area (Å²) in [4.78, 5) is 57.9. The van der Waals surface area contributed by atoms with Gasteiger partial charge in [-0.3, -0.25) is 28.0 Å². The Kier molecular flexibility index (Phi) is 20.6. The molecule has 1 aliphatic rings. The lowest BCUT2D eigenvalue weighted by molar-refractivity contribution is -0.155. The summed E-state index contributed by atoms with van der Waals surface area (Å²) < 4.78 is 44.7. The van der Waals surface area contributed by atoms with Gasteiger partial charge in [0.2, 0.25) is 5.91 Å². The molecule has 5 aromatic carbocycles. The number of rotatable bonds is 27. The molecule has 5 aromatic rings. The monoisotopic (exact) mass is 1000 g/mol. The number of nitrogens with zero attached hydrogens (tertiary/aromatic N) is 1. The highest BCUT2D eigenvalue weighted by Crippen LogP contribution is 2.52. The predicted octanol–water partition coefficient (Wildman–Crippen LogP) is 9.85. The molecule has 2 unspecified atom stereocenters. The lowest BCUT2D eigenvalue weighted by Gasteiger charge is -2.37. The number of phosphoric acid groups is 1. The zero-order valence-corrected chi connectivity index (χ0v) is 43.3. The number of amides is 4. The van der Waals surface area contributed by atoms with Gasteiger partial charge in [-0.15, -0.1) is 0 Å². The van der Waals surface area contributed by atoms with Gasteiger partial charge in [0.15, 0.2) is 6.61 Å². The Hall–Kier alpha value is -6.31. The Labute approximate surface area is 425 Å². The Bertz CT molecular complexity index is 2480. The van der Waals surface area contributed by atoms with Gasteiger partial charge in [0, 0.05) is 25.6 Å². The summed E-state index contributed by atoms with van der Waals surface area (Å²) in [6, 6.07) is 40.9. The van der Waals surface area contributed by atoms with Crippen LogP contribution >= 0.6 is 7.82 Å². The third kappa shape index (κ3) is 17.5. The number of esters is 1. The fourth-order valence-corrected chi connectivity index (χ4v) is 10.0. The molecule has 14 nitrogen and oxygen atoms in total. The molecule has 1 aliphatic heterocycles. The van der Waals surface area contributed by atoms with Crippen molar-refractivity contribution in [2.45, 2.75) is 111 Å². The van der Waals surface area contributed by atoms with Gasteiger partial charge in [-0.05, 0) is 77.8 Å². The highest BCUT2D eigenvalue weighted by molar-refractivity contribution is 7.48. The minimum atomic E-state index is -4.20. The van der Waals surface area contributed by atoms with Crippen molar-refractivity contribution in [1.82, 2.24) is 20.9 Å². The number of carbonyl (C=O) groups is 4. The lowest BCUT2D eigenvalue weighted by Crippen LogP contribution is -2.59. The maximum Gasteiger partial charge on any atom is 0.475 e. The molecule has 3 N–H and O–H groups in total. The van der Waals surface area contributed by atoms with Gasteiger partial charge < -0.3 is 30.3 Å². The van der Waals surface area contributed by atoms with E-state index in [1.165, 1.54) is 0 Å². The minimum Gasteiger partial charge on any atom is -0.483 e. The molecule has 0 aliphatic carbocycles. The number of urea groups is 1. The third-order valence-corrected chi connectivity index (χ3v) is 13.7. The van der Waals surface area contributed by atoms with Gasteiger partial charge in [-0.1, -0.05) is 167 Å². The van der Waals surface area contributed by atoms with Crippen molar-refractivity contribution in [2.24, 2.45) is 11.3 Å². The van der Waals surface area contributed by atoms with E-state index in [1.807, 2.05) is 167 Å². The first-order valence-electron chi connectivity index (χ1n) is 24.8. The Balaban J connectivity index is 1.29. The van der Waals surface area contributed by atoms with Crippen LogP contribution in [0, 0.1) is 25.2 Å². The van der Waals surface area contributed by atoms with E-state index in [9.17, 15) is 23.7 Å². The van der Waals surface area contributed by atoms with Crippen LogP contribution in [0.5, 0.6) is 5.75 Å². The molecule has 0 saturated carbocycles. The smallest absolute Gasteiger partial charge is 0.475 e. The number of hydrogen-bond acceptors (Lipinski definition) is 10. The topological polar surface area (TPSA) is 171 Å². The van der Waals surface area contributed by atoms with Crippen LogP contribution in [-0.4, -0.2) is 79.2 Å². The van der Waals surface area contributed by atoms with Gasteiger partial charge in [0.1, 0.15) is 17.9 Å². The van der Waals surface area contributed by atoms with Crippen molar-refractivity contribution in [3.05, 3.63) is 173 Å². The number of phosphoric ester groups is 1. The molecule has 384 valence electrons. The maximum absolute atomic E-state index is 14.6. The largest absolute Gasteiger partial charge is 0.483 e. The summed E-state index contributed by atoms with van der Waals surface area (Å²) in [6.45, 7) is 11.6. The molecule has 15 heteroatoms. The normalized spacial score (nSPS) is 14.7. The van der Waals surface area contributed by atoms with Crippen LogP contribution in [0.25, 0.3) is 0 Å². The first-order chi connectivity index (χ1) is 34.6. The summed E-state index contributed by atoms with van der Waals surface area (Å²) in [5, 5.41) is 9.29. The summed E-state index contributed by atoms with van der Waals surface area (Å²) in [5.41, 5.74) is 4.11. The van der Waals surface area contributed by atoms with Crippen molar-refractivity contribution in [3.63, 3.8) is 0 Å². The summed E-state index contributed by atoms with van der Waals surface area (Å²) in [7, 11) is -4.20. The van der Waals surface area contributed by atoms with Crippen LogP contribution in [0.2, 0.25) is 0 Å². The van der Waals surface area contributed by atoms with Crippen molar-refractivity contribution in [2.75, 3.05) is 26.3 Å². The average Bonchev–Trinajstić information content (AvgIpc) is 3.36. The van der Waals surface area contributed by atoms with Crippen molar-refractivity contribution in [3.8, 4) is 5.75 Å². The van der Waals surface area contributed by atoms with Crippen molar-refractivity contribution in [1.29, 1.82) is 0 Å². The van der Waals surface area contributed by atoms with Gasteiger partial charge in [-0.25, -0.2) is 9.36 Å². The van der Waals surface area contributed by atoms with E-state index in [1.54, 1.807) is 18.7 Å². The molecule has 6 rings (SSSR count). The van der Waals surface area contributed by atoms with E-state index in [4.69, 9.17) is 23.0 Å². The molecule has 0 aromatic heterocycles. The van der Waals surface area contributed by atoms with E-state index < -0.39 is 49.3 Å². The second-order valence-corrected chi connectivity index (χ2v) is 21.2. The number of aryl methyl sites for hydroxylation is 2. The fourth-order valence-electron chi connectivity index (χ4n) is 8.70. The minimum absolute atomic E-state index is 0.0367. The first kappa shape index (κ1) is 55.0. The first-order valence-corrected chi connectivity index (χ1v) is 26.2. The number of hydrogen-bond donors (Lipinski definition) is 3. The molecule has 0 bridgehead atoms. The number of nitrogens with one attached hydrogen (secondary N) is 3. The molecule has 0 radical (unpaired) electrons. The quantitative estimate of drug-likeness (QED) is 0.0340. The van der Waals surface area contributed by atoms with E-state index in [2.05, 4.69) is 16.0 Å². The highest BCUT2D eigenvalue weighted by atomic mass is 31.2. The molecule has 0 spiro atoms. The third-order valence-electron chi connectivity index (χ3n) is 12.4. The SMILES string of the molecule is Cc1cccc(C)c1OCC(=O)N[C@@H](Cc1ccccc1)C(CC(Cc1ccccc1)NC(=O)[C@H](C(C)C)N1CCCNC1=O)OC(=O)CC(C)(C)COP(=O)(OCc1ccccc1)OCc1ccccc1. The standard InChI is InChI=1S/C57H71N4O10P/c1-41(2)53(61-32-20-31-58-56(61)65)55(64)59-48(33-44-23-11-7-12-24-44)35-50(49(34-45-25-13-8-14-26-45)60-51(62)39-67-54-42(3)21-19-22-43(54)4)71-52(63)36-57(5,6)40-70-72(66,68-37-46-27-15-9-16-28-46)69-38-47-29-17-10-18-30-47/h7-19,21-30,41,48-50,53H,20,31-40H2,1-6H3,(H,58,65)(H,59,64)(H,60,62)/t48?,49-,50?,53-/m0/s1. The Morgan fingerprint density at radius 3 is 1.76 bits per heavy atom. The van der Waals surface area contributed by atoms with Gasteiger partial charge in [0.25, 0.3) is 5.91 Å². The molecular formula is C57H71N4O10P. The average molecular weight is 1000 g/mol. The molecule has 1 heterocycles. The maximum atomic E-state index is 14.6. The van der Waals surface area contributed by atoms with Crippen LogP contribution in [0.15, 0.2) is 140 Å². The van der Waals surface area contributed by atoms with Crippen LogP contribution in [0.4, 0.5) is 4.79 Å². The molecule has 4 atom stereocenters. The van der Waals surface area contributed by atoms with Crippen LogP contribution in [-0.2, 0) is 63.3 Å². The summed E-state index contributed by atoms with van der Waals surface area (Å²) in [5.74, 6) is -1.02.